The minimum absolute atomic E-state index is 0.697. The normalized spacial score (nSPS) is 10.8. The Morgan fingerprint density at radius 3 is 2.79 bits per heavy atom. The van der Waals surface area contributed by atoms with E-state index in [0.717, 1.165) is 32.6 Å². The molecule has 0 saturated heterocycles. The maximum atomic E-state index is 5.84. The molecule has 5 heteroatoms. The molecule has 2 aromatic carbocycles. The minimum Gasteiger partial charge on any atom is -0.497 e. The second-order valence-corrected chi connectivity index (χ2v) is 5.16. The first-order chi connectivity index (χ1) is 9.15. The number of nitrogens with one attached hydrogen (secondary N) is 1. The zero-order valence-electron chi connectivity index (χ0n) is 10.3. The summed E-state index contributed by atoms with van der Waals surface area (Å²) in [5.74, 6) is 1.59. The third-order valence-electron chi connectivity index (χ3n) is 2.88. The predicted molar refractivity (Wildman–Crippen MR) is 80.2 cm³/mol. The van der Waals surface area contributed by atoms with Gasteiger partial charge in [0.25, 0.3) is 0 Å². The number of methoxy groups -OCH3 is 1. The second kappa shape index (κ2) is 4.59. The summed E-state index contributed by atoms with van der Waals surface area (Å²) in [5, 5.41) is 0. The molecule has 0 aliphatic heterocycles. The van der Waals surface area contributed by atoms with Gasteiger partial charge in [-0.05, 0) is 30.3 Å². The van der Waals surface area contributed by atoms with Crippen LogP contribution in [0.3, 0.4) is 0 Å². The van der Waals surface area contributed by atoms with E-state index in [9.17, 15) is 0 Å². The topological polar surface area (TPSA) is 63.9 Å². The van der Waals surface area contributed by atoms with E-state index in [1.54, 1.807) is 7.11 Å². The van der Waals surface area contributed by atoms with Gasteiger partial charge in [0.15, 0.2) is 0 Å². The maximum absolute atomic E-state index is 5.84. The molecule has 0 saturated carbocycles. The lowest BCUT2D eigenvalue weighted by Crippen LogP contribution is -1.87. The van der Waals surface area contributed by atoms with Gasteiger partial charge in [-0.3, -0.25) is 0 Å². The average molecular weight is 318 g/mol. The number of H-pyrrole nitrogens is 1. The molecule has 3 N–H and O–H groups in total. The summed E-state index contributed by atoms with van der Waals surface area (Å²) in [5.41, 5.74) is 9.32. The van der Waals surface area contributed by atoms with Gasteiger partial charge >= 0.3 is 0 Å². The van der Waals surface area contributed by atoms with E-state index in [2.05, 4.69) is 25.9 Å². The zero-order valence-corrected chi connectivity index (χ0v) is 11.9. The molecule has 0 atom stereocenters. The SMILES string of the molecule is COc1ccc2nc(-c3cc(N)cc(Br)c3)[nH]c2c1. The molecule has 1 heterocycles. The van der Waals surface area contributed by atoms with Crippen LogP contribution in [0, 0.1) is 0 Å². The molecule has 3 rings (SSSR count). The molecule has 0 amide bonds. The Morgan fingerprint density at radius 1 is 1.21 bits per heavy atom. The Morgan fingerprint density at radius 2 is 2.05 bits per heavy atom. The van der Waals surface area contributed by atoms with Gasteiger partial charge in [0.2, 0.25) is 0 Å². The highest BCUT2D eigenvalue weighted by Gasteiger charge is 2.07. The quantitative estimate of drug-likeness (QED) is 0.710. The molecule has 3 aromatic rings. The molecule has 0 bridgehead atoms. The van der Waals surface area contributed by atoms with Crippen molar-refractivity contribution in [3.63, 3.8) is 0 Å². The van der Waals surface area contributed by atoms with Crippen molar-refractivity contribution in [1.82, 2.24) is 9.97 Å². The predicted octanol–water partition coefficient (Wildman–Crippen LogP) is 3.58. The second-order valence-electron chi connectivity index (χ2n) is 4.24. The lowest BCUT2D eigenvalue weighted by molar-refractivity contribution is 0.415. The summed E-state index contributed by atoms with van der Waals surface area (Å²) in [4.78, 5) is 7.83. The molecule has 19 heavy (non-hydrogen) atoms. The summed E-state index contributed by atoms with van der Waals surface area (Å²) in [6.07, 6.45) is 0. The monoisotopic (exact) mass is 317 g/mol. The third-order valence-corrected chi connectivity index (χ3v) is 3.34. The maximum Gasteiger partial charge on any atom is 0.138 e. The van der Waals surface area contributed by atoms with Crippen molar-refractivity contribution in [2.24, 2.45) is 0 Å². The van der Waals surface area contributed by atoms with Crippen molar-refractivity contribution in [3.8, 4) is 17.1 Å². The number of hydrogen-bond acceptors (Lipinski definition) is 3. The van der Waals surface area contributed by atoms with Gasteiger partial charge < -0.3 is 15.5 Å². The van der Waals surface area contributed by atoms with Gasteiger partial charge in [-0.15, -0.1) is 0 Å². The van der Waals surface area contributed by atoms with Crippen LogP contribution in [0.4, 0.5) is 5.69 Å². The van der Waals surface area contributed by atoms with Gasteiger partial charge in [-0.25, -0.2) is 4.98 Å². The van der Waals surface area contributed by atoms with Crippen molar-refractivity contribution >= 4 is 32.7 Å². The lowest BCUT2D eigenvalue weighted by Gasteiger charge is -2.00. The first-order valence-electron chi connectivity index (χ1n) is 5.76. The van der Waals surface area contributed by atoms with E-state index >= 15 is 0 Å². The molecule has 0 aliphatic rings. The van der Waals surface area contributed by atoms with Crippen LogP contribution in [0.2, 0.25) is 0 Å². The standard InChI is InChI=1S/C14H12BrN3O/c1-19-11-2-3-12-13(7-11)18-14(17-12)8-4-9(15)6-10(16)5-8/h2-7H,16H2,1H3,(H,17,18). The number of benzene rings is 2. The first kappa shape index (κ1) is 12.0. The summed E-state index contributed by atoms with van der Waals surface area (Å²) in [7, 11) is 1.65. The minimum atomic E-state index is 0.697. The van der Waals surface area contributed by atoms with Gasteiger partial charge in [0.05, 0.1) is 18.1 Å². The largest absolute Gasteiger partial charge is 0.497 e. The van der Waals surface area contributed by atoms with E-state index in [1.807, 2.05) is 36.4 Å². The van der Waals surface area contributed by atoms with Crippen molar-refractivity contribution < 1.29 is 4.74 Å². The van der Waals surface area contributed by atoms with Crippen LogP contribution < -0.4 is 10.5 Å². The molecule has 0 radical (unpaired) electrons. The van der Waals surface area contributed by atoms with Crippen LogP contribution >= 0.6 is 15.9 Å². The number of nitrogens with two attached hydrogens (primary N) is 1. The van der Waals surface area contributed by atoms with Crippen LogP contribution in [0.1, 0.15) is 0 Å². The Hall–Kier alpha value is -2.01. The highest BCUT2D eigenvalue weighted by atomic mass is 79.9. The van der Waals surface area contributed by atoms with E-state index in [0.29, 0.717) is 5.69 Å². The van der Waals surface area contributed by atoms with Crippen molar-refractivity contribution in [2.75, 3.05) is 12.8 Å². The van der Waals surface area contributed by atoms with Crippen LogP contribution in [0.5, 0.6) is 5.75 Å². The lowest BCUT2D eigenvalue weighted by atomic mass is 10.2. The van der Waals surface area contributed by atoms with Crippen LogP contribution in [0.25, 0.3) is 22.4 Å². The summed E-state index contributed by atoms with van der Waals surface area (Å²) >= 11 is 3.44. The molecule has 0 fully saturated rings. The third kappa shape index (κ3) is 2.29. The molecule has 0 aliphatic carbocycles. The zero-order chi connectivity index (χ0) is 13.4. The number of rotatable bonds is 2. The number of anilines is 1. The number of imidazole rings is 1. The highest BCUT2D eigenvalue weighted by Crippen LogP contribution is 2.27. The van der Waals surface area contributed by atoms with Crippen LogP contribution in [-0.4, -0.2) is 17.1 Å². The fraction of sp³-hybridized carbons (Fsp3) is 0.0714. The van der Waals surface area contributed by atoms with E-state index in [1.165, 1.54) is 0 Å². The molecule has 0 spiro atoms. The van der Waals surface area contributed by atoms with Crippen molar-refractivity contribution in [1.29, 1.82) is 0 Å². The Bertz CT molecular complexity index is 731. The van der Waals surface area contributed by atoms with Crippen LogP contribution in [0.15, 0.2) is 40.9 Å². The molecular formula is C14H12BrN3O. The van der Waals surface area contributed by atoms with Crippen molar-refractivity contribution in [2.45, 2.75) is 0 Å². The highest BCUT2D eigenvalue weighted by molar-refractivity contribution is 9.10. The van der Waals surface area contributed by atoms with E-state index < -0.39 is 0 Å². The number of nitrogens with zero attached hydrogens (tertiary/aromatic N) is 1. The van der Waals surface area contributed by atoms with Gasteiger partial charge in [0.1, 0.15) is 11.6 Å². The molecule has 1 aromatic heterocycles. The molecule has 96 valence electrons. The summed E-state index contributed by atoms with van der Waals surface area (Å²) in [6.45, 7) is 0. The number of fused-ring (bicyclic) bond motifs is 1. The van der Waals surface area contributed by atoms with Gasteiger partial charge in [0, 0.05) is 21.8 Å². The Kier molecular flexibility index (Phi) is 2.91. The Balaban J connectivity index is 2.14. The smallest absolute Gasteiger partial charge is 0.138 e. The van der Waals surface area contributed by atoms with Crippen LogP contribution in [-0.2, 0) is 0 Å². The van der Waals surface area contributed by atoms with E-state index in [-0.39, 0.29) is 0 Å². The molecular weight excluding hydrogens is 306 g/mol. The van der Waals surface area contributed by atoms with Gasteiger partial charge in [-0.2, -0.15) is 0 Å². The average Bonchev–Trinajstić information content (AvgIpc) is 2.80. The molecule has 0 unspecified atom stereocenters. The first-order valence-corrected chi connectivity index (χ1v) is 6.55. The fourth-order valence-corrected chi connectivity index (χ4v) is 2.51. The number of ether oxygens (including phenoxy) is 1. The summed E-state index contributed by atoms with van der Waals surface area (Å²) in [6, 6.07) is 11.5. The van der Waals surface area contributed by atoms with Gasteiger partial charge in [-0.1, -0.05) is 15.9 Å². The number of nitrogen functional groups attached to an aromatic ring is 1. The molecule has 4 nitrogen and oxygen atoms in total. The van der Waals surface area contributed by atoms with Crippen molar-refractivity contribution in [3.05, 3.63) is 40.9 Å². The number of halogens is 1. The Labute approximate surface area is 118 Å². The number of aromatic amines is 1. The summed E-state index contributed by atoms with van der Waals surface area (Å²) < 4.78 is 6.13. The number of hydrogen-bond donors (Lipinski definition) is 2. The van der Waals surface area contributed by atoms with E-state index in [4.69, 9.17) is 10.5 Å². The number of aromatic nitrogens is 2. The fourth-order valence-electron chi connectivity index (χ4n) is 2.00.